The number of anilines is 1. The van der Waals surface area contributed by atoms with Gasteiger partial charge in [0.05, 0.1) is 10.4 Å². The molecule has 1 N–H and O–H groups in total. The minimum Gasteiger partial charge on any atom is -0.321 e. The van der Waals surface area contributed by atoms with Gasteiger partial charge in [0.2, 0.25) is 0 Å². The van der Waals surface area contributed by atoms with Gasteiger partial charge in [-0.05, 0) is 30.8 Å². The lowest BCUT2D eigenvalue weighted by atomic mass is 10.1. The number of carbonyl (C=O) groups is 1. The summed E-state index contributed by atoms with van der Waals surface area (Å²) in [5, 5.41) is 5.05. The highest BCUT2D eigenvalue weighted by Crippen LogP contribution is 2.28. The third-order valence-electron chi connectivity index (χ3n) is 5.15. The molecule has 5 rings (SSSR count). The summed E-state index contributed by atoms with van der Waals surface area (Å²) in [5.41, 5.74) is 3.06. The largest absolute Gasteiger partial charge is 0.321 e. The number of benzene rings is 1. The van der Waals surface area contributed by atoms with Gasteiger partial charge in [-0.15, -0.1) is 22.7 Å². The maximum atomic E-state index is 12.7. The normalized spacial score (nSPS) is 16.2. The Hall–Kier alpha value is -2.26. The van der Waals surface area contributed by atoms with Crippen molar-refractivity contribution in [2.24, 2.45) is 0 Å². The van der Waals surface area contributed by atoms with E-state index < -0.39 is 0 Å². The number of hydrogen-bond acceptors (Lipinski definition) is 6. The van der Waals surface area contributed by atoms with Gasteiger partial charge in [0.25, 0.3) is 5.91 Å². The van der Waals surface area contributed by atoms with Crippen LogP contribution in [0.2, 0.25) is 0 Å². The summed E-state index contributed by atoms with van der Waals surface area (Å²) in [6.07, 6.45) is 1.99. The molecular weight excluding hydrogens is 390 g/mol. The van der Waals surface area contributed by atoms with Crippen LogP contribution in [-0.2, 0) is 6.54 Å². The van der Waals surface area contributed by atoms with E-state index in [-0.39, 0.29) is 5.91 Å². The van der Waals surface area contributed by atoms with E-state index in [4.69, 9.17) is 0 Å². The second kappa shape index (κ2) is 7.29. The smallest absolute Gasteiger partial charge is 0.265 e. The van der Waals surface area contributed by atoms with Gasteiger partial charge in [0, 0.05) is 50.0 Å². The topological polar surface area (TPSA) is 52.9 Å². The number of fused-ring (bicyclic) bond motifs is 3. The van der Waals surface area contributed by atoms with Crippen molar-refractivity contribution in [3.63, 3.8) is 0 Å². The molecule has 1 amide bonds. The Morgan fingerprint density at radius 3 is 2.93 bits per heavy atom. The molecule has 6 nitrogen and oxygen atoms in total. The van der Waals surface area contributed by atoms with Gasteiger partial charge in [0.1, 0.15) is 4.83 Å². The van der Waals surface area contributed by atoms with Crippen LogP contribution in [0.3, 0.4) is 0 Å². The van der Waals surface area contributed by atoms with Crippen LogP contribution in [-0.4, -0.2) is 58.3 Å². The second-order valence-corrected chi connectivity index (χ2v) is 9.11. The van der Waals surface area contributed by atoms with Gasteiger partial charge in [-0.25, -0.2) is 4.98 Å². The van der Waals surface area contributed by atoms with Crippen molar-refractivity contribution in [3.8, 4) is 0 Å². The lowest BCUT2D eigenvalue weighted by Gasteiger charge is -2.32. The van der Waals surface area contributed by atoms with Crippen LogP contribution in [0.5, 0.6) is 0 Å². The number of aromatic nitrogens is 2. The Balaban J connectivity index is 1.30. The van der Waals surface area contributed by atoms with Crippen molar-refractivity contribution in [1.82, 2.24) is 19.2 Å². The van der Waals surface area contributed by atoms with E-state index in [1.165, 1.54) is 16.9 Å². The molecule has 1 aliphatic rings. The zero-order valence-corrected chi connectivity index (χ0v) is 17.2. The molecule has 28 heavy (non-hydrogen) atoms. The fraction of sp³-hybridized carbons (Fsp3) is 0.300. The summed E-state index contributed by atoms with van der Waals surface area (Å²) >= 11 is 3.04. The number of imidazole rings is 1. The first-order chi connectivity index (χ1) is 13.7. The average Bonchev–Trinajstić information content (AvgIpc) is 3.36. The molecule has 1 aliphatic heterocycles. The number of nitrogens with one attached hydrogen (secondary N) is 1. The molecule has 0 spiro atoms. The van der Waals surface area contributed by atoms with E-state index in [1.54, 1.807) is 11.3 Å². The first kappa shape index (κ1) is 17.8. The molecule has 0 aliphatic carbocycles. The van der Waals surface area contributed by atoms with E-state index in [2.05, 4.69) is 39.3 Å². The van der Waals surface area contributed by atoms with Gasteiger partial charge in [-0.3, -0.25) is 14.1 Å². The first-order valence-corrected chi connectivity index (χ1v) is 11.0. The molecule has 0 atom stereocenters. The van der Waals surface area contributed by atoms with E-state index in [0.717, 1.165) is 53.7 Å². The Bertz CT molecular complexity index is 1140. The molecular formula is C20H21N5OS2. The summed E-state index contributed by atoms with van der Waals surface area (Å²) in [7, 11) is 2.17. The summed E-state index contributed by atoms with van der Waals surface area (Å²) in [5.74, 6) is -0.0799. The number of piperazine rings is 1. The van der Waals surface area contributed by atoms with Gasteiger partial charge in [-0.1, -0.05) is 12.1 Å². The minimum absolute atomic E-state index is 0.0799. The molecule has 4 aromatic rings. The lowest BCUT2D eigenvalue weighted by Crippen LogP contribution is -2.43. The third-order valence-corrected chi connectivity index (χ3v) is 6.92. The zero-order chi connectivity index (χ0) is 19.1. The minimum atomic E-state index is -0.0799. The van der Waals surface area contributed by atoms with E-state index in [9.17, 15) is 4.79 Å². The Labute approximate surface area is 171 Å². The standard InChI is InChI=1S/C20H21N5OS2/c1-23-5-7-24(8-6-23)13-14-3-2-4-15(11-14)21-18(26)17-12-16-19(28-17)22-20-25(16)9-10-27-20/h2-4,9-12H,5-8,13H2,1H3,(H,21,26). The van der Waals surface area contributed by atoms with Crippen LogP contribution in [0.25, 0.3) is 15.3 Å². The lowest BCUT2D eigenvalue weighted by molar-refractivity contribution is 0.103. The maximum absolute atomic E-state index is 12.7. The molecule has 0 saturated carbocycles. The average molecular weight is 412 g/mol. The zero-order valence-electron chi connectivity index (χ0n) is 15.6. The number of thiazole rings is 1. The molecule has 1 saturated heterocycles. The number of hydrogen-bond donors (Lipinski definition) is 1. The maximum Gasteiger partial charge on any atom is 0.265 e. The molecule has 0 unspecified atom stereocenters. The molecule has 144 valence electrons. The Kier molecular flexibility index (Phi) is 4.64. The van der Waals surface area contributed by atoms with Crippen LogP contribution < -0.4 is 5.32 Å². The van der Waals surface area contributed by atoms with Crippen molar-refractivity contribution in [2.75, 3.05) is 38.5 Å². The highest BCUT2D eigenvalue weighted by Gasteiger charge is 2.16. The van der Waals surface area contributed by atoms with Gasteiger partial charge < -0.3 is 10.2 Å². The van der Waals surface area contributed by atoms with Crippen LogP contribution in [0.15, 0.2) is 41.9 Å². The van der Waals surface area contributed by atoms with Crippen LogP contribution >= 0.6 is 22.7 Å². The molecule has 3 aromatic heterocycles. The van der Waals surface area contributed by atoms with Crippen molar-refractivity contribution in [1.29, 1.82) is 0 Å². The number of rotatable bonds is 4. The number of carbonyl (C=O) groups excluding carboxylic acids is 1. The molecule has 1 aromatic carbocycles. The molecule has 0 bridgehead atoms. The van der Waals surface area contributed by atoms with Crippen LogP contribution in [0.4, 0.5) is 5.69 Å². The highest BCUT2D eigenvalue weighted by molar-refractivity contribution is 7.21. The molecule has 1 fully saturated rings. The SMILES string of the molecule is CN1CCN(Cc2cccc(NC(=O)c3cc4c(nc5sccn54)s3)c2)CC1. The van der Waals surface area contributed by atoms with Crippen molar-refractivity contribution < 1.29 is 4.79 Å². The van der Waals surface area contributed by atoms with Crippen LogP contribution in [0, 0.1) is 0 Å². The fourth-order valence-corrected chi connectivity index (χ4v) is 5.26. The van der Waals surface area contributed by atoms with Gasteiger partial charge in [-0.2, -0.15) is 0 Å². The second-order valence-electron chi connectivity index (χ2n) is 7.20. The van der Waals surface area contributed by atoms with Gasteiger partial charge in [0.15, 0.2) is 4.96 Å². The summed E-state index contributed by atoms with van der Waals surface area (Å²) in [4.78, 5) is 24.7. The van der Waals surface area contributed by atoms with E-state index in [1.807, 2.05) is 34.2 Å². The molecule has 4 heterocycles. The number of nitrogens with zero attached hydrogens (tertiary/aromatic N) is 4. The van der Waals surface area contributed by atoms with E-state index >= 15 is 0 Å². The third kappa shape index (κ3) is 3.44. The Morgan fingerprint density at radius 2 is 2.07 bits per heavy atom. The number of amides is 1. The van der Waals surface area contributed by atoms with Crippen molar-refractivity contribution in [3.05, 3.63) is 52.3 Å². The van der Waals surface area contributed by atoms with Crippen molar-refractivity contribution in [2.45, 2.75) is 6.54 Å². The molecule has 0 radical (unpaired) electrons. The Morgan fingerprint density at radius 1 is 1.21 bits per heavy atom. The summed E-state index contributed by atoms with van der Waals surface area (Å²) < 4.78 is 2.03. The molecule has 8 heteroatoms. The van der Waals surface area contributed by atoms with Crippen molar-refractivity contribution >= 4 is 49.6 Å². The quantitative estimate of drug-likeness (QED) is 0.557. The predicted molar refractivity (Wildman–Crippen MR) is 116 cm³/mol. The van der Waals surface area contributed by atoms with Gasteiger partial charge >= 0.3 is 0 Å². The van der Waals surface area contributed by atoms with E-state index in [0.29, 0.717) is 4.88 Å². The predicted octanol–water partition coefficient (Wildman–Crippen LogP) is 3.61. The van der Waals surface area contributed by atoms with Crippen LogP contribution in [0.1, 0.15) is 15.2 Å². The highest BCUT2D eigenvalue weighted by atomic mass is 32.1. The number of likely N-dealkylation sites (N-methyl/N-ethyl adjacent to an activating group) is 1. The number of thiophene rings is 1. The fourth-order valence-electron chi connectivity index (χ4n) is 3.56. The monoisotopic (exact) mass is 411 g/mol. The summed E-state index contributed by atoms with van der Waals surface area (Å²) in [6.45, 7) is 5.29. The first-order valence-electron chi connectivity index (χ1n) is 9.32. The summed E-state index contributed by atoms with van der Waals surface area (Å²) in [6, 6.07) is 10.1.